The summed E-state index contributed by atoms with van der Waals surface area (Å²) < 4.78 is 3.19. The highest BCUT2D eigenvalue weighted by atomic mass is 79.9. The van der Waals surface area contributed by atoms with Crippen LogP contribution in [-0.4, -0.2) is 32.6 Å². The van der Waals surface area contributed by atoms with Gasteiger partial charge in [0, 0.05) is 47.8 Å². The molecule has 1 fully saturated rings. The molecule has 0 saturated carbocycles. The maximum Gasteiger partial charge on any atom is 0.139 e. The fourth-order valence-electron chi connectivity index (χ4n) is 2.82. The van der Waals surface area contributed by atoms with Gasteiger partial charge in [0.2, 0.25) is 0 Å². The number of anilines is 1. The molecular weight excluding hydrogens is 330 g/mol. The lowest BCUT2D eigenvalue weighted by Gasteiger charge is -2.40. The highest BCUT2D eigenvalue weighted by molar-refractivity contribution is 9.10. The first kappa shape index (κ1) is 12.8. The summed E-state index contributed by atoms with van der Waals surface area (Å²) in [6, 6.07) is 6.12. The van der Waals surface area contributed by atoms with Crippen LogP contribution in [0.2, 0.25) is 0 Å². The summed E-state index contributed by atoms with van der Waals surface area (Å²) in [6.07, 6.45) is 7.36. The molecule has 0 atom stereocenters. The van der Waals surface area contributed by atoms with E-state index in [4.69, 9.17) is 0 Å². The fraction of sp³-hybridized carbons (Fsp3) is 0.267. The van der Waals surface area contributed by atoms with Crippen LogP contribution in [0.1, 0.15) is 0 Å². The Hall–Kier alpha value is -1.95. The van der Waals surface area contributed by atoms with Crippen molar-refractivity contribution in [2.24, 2.45) is 5.92 Å². The second kappa shape index (κ2) is 5.11. The molecule has 0 unspecified atom stereocenters. The van der Waals surface area contributed by atoms with E-state index in [9.17, 15) is 0 Å². The molecule has 3 heterocycles. The zero-order valence-corrected chi connectivity index (χ0v) is 12.9. The first-order valence-corrected chi connectivity index (χ1v) is 7.70. The Morgan fingerprint density at radius 3 is 2.95 bits per heavy atom. The molecule has 21 heavy (non-hydrogen) atoms. The van der Waals surface area contributed by atoms with Crippen LogP contribution >= 0.6 is 15.9 Å². The number of hydrogen-bond acceptors (Lipinski definition) is 4. The predicted molar refractivity (Wildman–Crippen MR) is 85.2 cm³/mol. The maximum atomic E-state index is 4.48. The molecule has 4 rings (SSSR count). The van der Waals surface area contributed by atoms with Gasteiger partial charge in [-0.2, -0.15) is 0 Å². The zero-order chi connectivity index (χ0) is 14.2. The van der Waals surface area contributed by atoms with E-state index in [1.54, 1.807) is 6.33 Å². The Morgan fingerprint density at radius 2 is 2.14 bits per heavy atom. The summed E-state index contributed by atoms with van der Waals surface area (Å²) >= 11 is 3.52. The standard InChI is InChI=1S/C15H14BrN5/c16-12-1-2-14-13(5-12)15(19-9-18-14)21-7-11(8-21)6-20-4-3-17-10-20/h1-5,9-11H,6-8H2. The quantitative estimate of drug-likeness (QED) is 0.733. The summed E-state index contributed by atoms with van der Waals surface area (Å²) in [6.45, 7) is 3.07. The average Bonchev–Trinajstić information content (AvgIpc) is 2.95. The van der Waals surface area contributed by atoms with E-state index in [0.717, 1.165) is 40.8 Å². The lowest BCUT2D eigenvalue weighted by atomic mass is 9.99. The van der Waals surface area contributed by atoms with Crippen molar-refractivity contribution in [1.29, 1.82) is 0 Å². The molecule has 106 valence electrons. The highest BCUT2D eigenvalue weighted by Gasteiger charge is 2.29. The molecular formula is C15H14BrN5. The molecule has 0 spiro atoms. The van der Waals surface area contributed by atoms with Crippen LogP contribution in [0.4, 0.5) is 5.82 Å². The van der Waals surface area contributed by atoms with Crippen molar-refractivity contribution in [3.63, 3.8) is 0 Å². The van der Waals surface area contributed by atoms with Gasteiger partial charge >= 0.3 is 0 Å². The number of fused-ring (bicyclic) bond motifs is 1. The van der Waals surface area contributed by atoms with Crippen molar-refractivity contribution < 1.29 is 0 Å². The van der Waals surface area contributed by atoms with E-state index in [2.05, 4.69) is 46.4 Å². The van der Waals surface area contributed by atoms with Gasteiger partial charge in [0.05, 0.1) is 11.8 Å². The normalized spacial score (nSPS) is 15.4. The zero-order valence-electron chi connectivity index (χ0n) is 11.4. The number of aromatic nitrogens is 4. The van der Waals surface area contributed by atoms with Gasteiger partial charge in [-0.25, -0.2) is 15.0 Å². The van der Waals surface area contributed by atoms with Gasteiger partial charge in [0.1, 0.15) is 12.1 Å². The Balaban J connectivity index is 1.54. The summed E-state index contributed by atoms with van der Waals surface area (Å²) in [4.78, 5) is 15.2. The second-order valence-electron chi connectivity index (χ2n) is 5.39. The molecule has 1 aliphatic heterocycles. The number of nitrogens with zero attached hydrogens (tertiary/aromatic N) is 5. The average molecular weight is 344 g/mol. The number of hydrogen-bond donors (Lipinski definition) is 0. The highest BCUT2D eigenvalue weighted by Crippen LogP contribution is 2.31. The lowest BCUT2D eigenvalue weighted by Crippen LogP contribution is -2.49. The van der Waals surface area contributed by atoms with E-state index < -0.39 is 0 Å². The largest absolute Gasteiger partial charge is 0.355 e. The first-order valence-electron chi connectivity index (χ1n) is 6.90. The van der Waals surface area contributed by atoms with Gasteiger partial charge in [0.15, 0.2) is 0 Å². The van der Waals surface area contributed by atoms with Crippen molar-refractivity contribution in [1.82, 2.24) is 19.5 Å². The Kier molecular flexibility index (Phi) is 3.11. The van der Waals surface area contributed by atoms with Crippen molar-refractivity contribution in [2.75, 3.05) is 18.0 Å². The molecule has 1 aliphatic rings. The van der Waals surface area contributed by atoms with Gasteiger partial charge in [-0.1, -0.05) is 15.9 Å². The van der Waals surface area contributed by atoms with Crippen LogP contribution in [0.25, 0.3) is 10.9 Å². The molecule has 0 radical (unpaired) electrons. The molecule has 0 aliphatic carbocycles. The van der Waals surface area contributed by atoms with Crippen LogP contribution in [0.5, 0.6) is 0 Å². The minimum atomic E-state index is 0.649. The molecule has 1 aromatic carbocycles. The molecule has 1 saturated heterocycles. The van der Waals surface area contributed by atoms with E-state index in [1.165, 1.54) is 0 Å². The lowest BCUT2D eigenvalue weighted by molar-refractivity contribution is 0.356. The third kappa shape index (κ3) is 2.40. The summed E-state index contributed by atoms with van der Waals surface area (Å²) in [5.41, 5.74) is 0.987. The number of rotatable bonds is 3. The summed E-state index contributed by atoms with van der Waals surface area (Å²) in [5.74, 6) is 1.68. The van der Waals surface area contributed by atoms with E-state index in [0.29, 0.717) is 5.92 Å². The Labute approximate surface area is 130 Å². The smallest absolute Gasteiger partial charge is 0.139 e. The van der Waals surface area contributed by atoms with Crippen LogP contribution in [-0.2, 0) is 6.54 Å². The van der Waals surface area contributed by atoms with Crippen molar-refractivity contribution in [2.45, 2.75) is 6.54 Å². The number of imidazole rings is 1. The van der Waals surface area contributed by atoms with Gasteiger partial charge in [-0.15, -0.1) is 0 Å². The second-order valence-corrected chi connectivity index (χ2v) is 6.30. The third-order valence-electron chi connectivity index (χ3n) is 3.86. The molecule has 6 heteroatoms. The molecule has 2 aromatic heterocycles. The minimum Gasteiger partial charge on any atom is -0.355 e. The SMILES string of the molecule is Brc1ccc2ncnc(N3CC(Cn4ccnc4)C3)c2c1. The van der Waals surface area contributed by atoms with E-state index >= 15 is 0 Å². The van der Waals surface area contributed by atoms with Crippen molar-refractivity contribution in [3.05, 3.63) is 47.7 Å². The fourth-order valence-corrected chi connectivity index (χ4v) is 3.18. The maximum absolute atomic E-state index is 4.48. The minimum absolute atomic E-state index is 0.649. The van der Waals surface area contributed by atoms with Gasteiger partial charge in [-0.05, 0) is 18.2 Å². The molecule has 0 N–H and O–H groups in total. The molecule has 3 aromatic rings. The van der Waals surface area contributed by atoms with Gasteiger partial charge < -0.3 is 9.47 Å². The van der Waals surface area contributed by atoms with E-state index in [-0.39, 0.29) is 0 Å². The van der Waals surface area contributed by atoms with Crippen LogP contribution in [0, 0.1) is 5.92 Å². The van der Waals surface area contributed by atoms with Crippen molar-refractivity contribution in [3.8, 4) is 0 Å². The van der Waals surface area contributed by atoms with Gasteiger partial charge in [-0.3, -0.25) is 0 Å². The topological polar surface area (TPSA) is 46.8 Å². The summed E-state index contributed by atoms with van der Waals surface area (Å²) in [7, 11) is 0. The Bertz CT molecular complexity index is 765. The van der Waals surface area contributed by atoms with Crippen LogP contribution < -0.4 is 4.90 Å². The molecule has 5 nitrogen and oxygen atoms in total. The molecule has 0 bridgehead atoms. The third-order valence-corrected chi connectivity index (χ3v) is 4.35. The Morgan fingerprint density at radius 1 is 1.24 bits per heavy atom. The van der Waals surface area contributed by atoms with Crippen molar-refractivity contribution >= 4 is 32.7 Å². The first-order chi connectivity index (χ1) is 10.3. The van der Waals surface area contributed by atoms with Crippen LogP contribution in [0.15, 0.2) is 47.7 Å². The number of benzene rings is 1. The van der Waals surface area contributed by atoms with Crippen LogP contribution in [0.3, 0.4) is 0 Å². The monoisotopic (exact) mass is 343 g/mol. The number of halogens is 1. The van der Waals surface area contributed by atoms with Gasteiger partial charge in [0.25, 0.3) is 0 Å². The molecule has 0 amide bonds. The predicted octanol–water partition coefficient (Wildman–Crippen LogP) is 2.73. The summed E-state index contributed by atoms with van der Waals surface area (Å²) in [5, 5.41) is 1.10. The van der Waals surface area contributed by atoms with E-state index in [1.807, 2.05) is 30.9 Å².